The van der Waals surface area contributed by atoms with Crippen LogP contribution in [0.1, 0.15) is 44.0 Å². The third kappa shape index (κ3) is 9.40. The van der Waals surface area contributed by atoms with Crippen molar-refractivity contribution in [2.75, 3.05) is 38.1 Å². The number of hydrogen-bond acceptors (Lipinski definition) is 5. The number of rotatable bonds is 10. The fourth-order valence-corrected chi connectivity index (χ4v) is 2.28. The van der Waals surface area contributed by atoms with E-state index in [0.29, 0.717) is 24.4 Å². The van der Waals surface area contributed by atoms with Crippen LogP contribution in [-0.2, 0) is 14.3 Å². The van der Waals surface area contributed by atoms with Gasteiger partial charge in [-0.2, -0.15) is 0 Å². The largest absolute Gasteiger partial charge is 0.462 e. The van der Waals surface area contributed by atoms with E-state index in [1.807, 2.05) is 6.92 Å². The third-order valence-electron chi connectivity index (χ3n) is 3.85. The summed E-state index contributed by atoms with van der Waals surface area (Å²) in [6.07, 6.45) is 1.54. The lowest BCUT2D eigenvalue weighted by Gasteiger charge is -2.17. The highest BCUT2D eigenvalue weighted by Gasteiger charge is 2.14. The summed E-state index contributed by atoms with van der Waals surface area (Å²) < 4.78 is 5.03. The van der Waals surface area contributed by atoms with Gasteiger partial charge in [0.1, 0.15) is 0 Å². The number of nitrogens with one attached hydrogen (secondary N) is 2. The van der Waals surface area contributed by atoms with Crippen molar-refractivity contribution in [2.24, 2.45) is 0 Å². The summed E-state index contributed by atoms with van der Waals surface area (Å²) >= 11 is 0. The number of carbonyl (C=O) groups excluding carboxylic acids is 3. The van der Waals surface area contributed by atoms with Crippen molar-refractivity contribution in [2.45, 2.75) is 33.6 Å². The van der Waals surface area contributed by atoms with Crippen molar-refractivity contribution in [3.8, 4) is 0 Å². The van der Waals surface area contributed by atoms with Gasteiger partial charge in [0.15, 0.2) is 0 Å². The molecule has 0 heterocycles. The van der Waals surface area contributed by atoms with Crippen molar-refractivity contribution >= 4 is 35.9 Å². The first-order valence-electron chi connectivity index (χ1n) is 9.10. The number of nitrogens with zero attached hydrogens (tertiary/aromatic N) is 1. The number of hydrogen-bond donors (Lipinski definition) is 2. The molecular weight excluding hydrogens is 370 g/mol. The van der Waals surface area contributed by atoms with Crippen molar-refractivity contribution < 1.29 is 19.1 Å². The van der Waals surface area contributed by atoms with Gasteiger partial charge in [-0.1, -0.05) is 20.8 Å². The van der Waals surface area contributed by atoms with Gasteiger partial charge in [0.05, 0.1) is 12.2 Å². The number of ether oxygens (including phenoxy) is 1. The lowest BCUT2D eigenvalue weighted by atomic mass is 10.2. The second-order valence-electron chi connectivity index (χ2n) is 5.80. The first-order chi connectivity index (χ1) is 12.5. The Hall–Kier alpha value is -2.12. The van der Waals surface area contributed by atoms with Crippen molar-refractivity contribution in [3.05, 3.63) is 29.8 Å². The molecule has 0 atom stereocenters. The number of benzene rings is 1. The molecule has 0 radical (unpaired) electrons. The average Bonchev–Trinajstić information content (AvgIpc) is 2.66. The van der Waals surface area contributed by atoms with E-state index in [1.54, 1.807) is 24.3 Å². The summed E-state index contributed by atoms with van der Waals surface area (Å²) in [6, 6.07) is 6.23. The van der Waals surface area contributed by atoms with E-state index in [-0.39, 0.29) is 12.4 Å². The van der Waals surface area contributed by atoms with E-state index in [1.165, 1.54) is 0 Å². The zero-order chi connectivity index (χ0) is 19.4. The molecule has 0 bridgehead atoms. The van der Waals surface area contributed by atoms with E-state index in [4.69, 9.17) is 4.74 Å². The van der Waals surface area contributed by atoms with E-state index in [9.17, 15) is 14.4 Å². The molecule has 1 aromatic carbocycles. The van der Waals surface area contributed by atoms with Crippen LogP contribution in [0.2, 0.25) is 0 Å². The lowest BCUT2D eigenvalue weighted by Crippen LogP contribution is -2.37. The second kappa shape index (κ2) is 14.0. The minimum Gasteiger partial charge on any atom is -0.462 e. The first kappa shape index (κ1) is 24.9. The SMILES string of the molecule is CCCOC(=O)c1ccc(NC(=O)C(=O)NCCCN(CC)CC)cc1.Cl. The van der Waals surface area contributed by atoms with Crippen LogP contribution in [0.3, 0.4) is 0 Å². The van der Waals surface area contributed by atoms with E-state index < -0.39 is 17.8 Å². The molecule has 1 aromatic rings. The van der Waals surface area contributed by atoms with E-state index in [2.05, 4.69) is 29.4 Å². The summed E-state index contributed by atoms with van der Waals surface area (Å²) in [7, 11) is 0. The molecular formula is C19H30ClN3O4. The van der Waals surface area contributed by atoms with Gasteiger partial charge < -0.3 is 20.3 Å². The van der Waals surface area contributed by atoms with Gasteiger partial charge in [-0.05, 0) is 56.7 Å². The molecule has 0 spiro atoms. The molecule has 152 valence electrons. The fourth-order valence-electron chi connectivity index (χ4n) is 2.28. The number of halogens is 1. The Morgan fingerprint density at radius 3 is 2.19 bits per heavy atom. The molecule has 2 amide bonds. The highest BCUT2D eigenvalue weighted by atomic mass is 35.5. The van der Waals surface area contributed by atoms with Gasteiger partial charge in [0.25, 0.3) is 0 Å². The summed E-state index contributed by atoms with van der Waals surface area (Å²) in [4.78, 5) is 37.7. The van der Waals surface area contributed by atoms with Crippen LogP contribution < -0.4 is 10.6 Å². The topological polar surface area (TPSA) is 87.7 Å². The predicted octanol–water partition coefficient (Wildman–Crippen LogP) is 2.46. The summed E-state index contributed by atoms with van der Waals surface area (Å²) in [5.41, 5.74) is 0.845. The summed E-state index contributed by atoms with van der Waals surface area (Å²) in [6.45, 7) is 9.72. The minimum absolute atomic E-state index is 0. The van der Waals surface area contributed by atoms with Crippen LogP contribution in [0, 0.1) is 0 Å². The third-order valence-corrected chi connectivity index (χ3v) is 3.85. The molecule has 0 aliphatic rings. The average molecular weight is 400 g/mol. The minimum atomic E-state index is -0.728. The van der Waals surface area contributed by atoms with Crippen LogP contribution >= 0.6 is 12.4 Å². The number of carbonyl (C=O) groups is 3. The van der Waals surface area contributed by atoms with Crippen LogP contribution in [0.4, 0.5) is 5.69 Å². The maximum absolute atomic E-state index is 11.9. The Labute approximate surface area is 167 Å². The Balaban J connectivity index is 0.00000676. The molecule has 0 fully saturated rings. The molecule has 0 aromatic heterocycles. The number of anilines is 1. The fraction of sp³-hybridized carbons (Fsp3) is 0.526. The highest BCUT2D eigenvalue weighted by Crippen LogP contribution is 2.10. The molecule has 0 saturated carbocycles. The molecule has 0 unspecified atom stereocenters. The molecule has 2 N–H and O–H groups in total. The molecule has 8 heteroatoms. The Morgan fingerprint density at radius 2 is 1.63 bits per heavy atom. The first-order valence-corrected chi connectivity index (χ1v) is 9.10. The summed E-state index contributed by atoms with van der Waals surface area (Å²) in [5, 5.41) is 5.12. The maximum atomic E-state index is 11.9. The molecule has 0 aliphatic carbocycles. The Bertz CT molecular complexity index is 589. The molecule has 27 heavy (non-hydrogen) atoms. The predicted molar refractivity (Wildman–Crippen MR) is 108 cm³/mol. The van der Waals surface area contributed by atoms with Gasteiger partial charge in [-0.15, -0.1) is 12.4 Å². The lowest BCUT2D eigenvalue weighted by molar-refractivity contribution is -0.136. The quantitative estimate of drug-likeness (QED) is 0.358. The molecule has 0 saturated heterocycles. The van der Waals surface area contributed by atoms with Gasteiger partial charge in [-0.3, -0.25) is 9.59 Å². The Morgan fingerprint density at radius 1 is 1.00 bits per heavy atom. The molecule has 0 aliphatic heterocycles. The highest BCUT2D eigenvalue weighted by molar-refractivity contribution is 6.39. The molecule has 1 rings (SSSR count). The van der Waals surface area contributed by atoms with Crippen molar-refractivity contribution in [3.63, 3.8) is 0 Å². The van der Waals surface area contributed by atoms with Crippen LogP contribution in [0.25, 0.3) is 0 Å². The van der Waals surface area contributed by atoms with E-state index >= 15 is 0 Å². The van der Waals surface area contributed by atoms with Gasteiger partial charge in [-0.25, -0.2) is 4.79 Å². The standard InChI is InChI=1S/C19H29N3O4.ClH/c1-4-14-26-19(25)15-8-10-16(11-9-15)21-18(24)17(23)20-12-7-13-22(5-2)6-3;/h8-11H,4-7,12-14H2,1-3H3,(H,20,23)(H,21,24);1H. The normalized spacial score (nSPS) is 10.1. The maximum Gasteiger partial charge on any atom is 0.338 e. The molecule has 7 nitrogen and oxygen atoms in total. The van der Waals surface area contributed by atoms with E-state index in [0.717, 1.165) is 32.5 Å². The van der Waals surface area contributed by atoms with Gasteiger partial charge in [0.2, 0.25) is 0 Å². The monoisotopic (exact) mass is 399 g/mol. The zero-order valence-electron chi connectivity index (χ0n) is 16.2. The van der Waals surface area contributed by atoms with Crippen molar-refractivity contribution in [1.82, 2.24) is 10.2 Å². The smallest absolute Gasteiger partial charge is 0.338 e. The number of esters is 1. The zero-order valence-corrected chi connectivity index (χ0v) is 17.1. The van der Waals surface area contributed by atoms with Gasteiger partial charge >= 0.3 is 17.8 Å². The Kier molecular flexibility index (Phi) is 12.9. The van der Waals surface area contributed by atoms with Gasteiger partial charge in [0, 0.05) is 12.2 Å². The second-order valence-corrected chi connectivity index (χ2v) is 5.80. The van der Waals surface area contributed by atoms with Crippen LogP contribution in [0.5, 0.6) is 0 Å². The van der Waals surface area contributed by atoms with Crippen LogP contribution in [-0.4, -0.2) is 55.5 Å². The summed E-state index contributed by atoms with van der Waals surface area (Å²) in [5.74, 6) is -1.80. The van der Waals surface area contributed by atoms with Crippen molar-refractivity contribution in [1.29, 1.82) is 0 Å². The van der Waals surface area contributed by atoms with Crippen LogP contribution in [0.15, 0.2) is 24.3 Å². The number of amides is 2.